The van der Waals surface area contributed by atoms with Gasteiger partial charge in [0, 0.05) is 30.2 Å². The highest BCUT2D eigenvalue weighted by Gasteiger charge is 2.07. The van der Waals surface area contributed by atoms with Gasteiger partial charge in [0.05, 0.1) is 14.2 Å². The molecule has 2 aromatic carbocycles. The number of nitrogens with one attached hydrogen (secondary N) is 2. The van der Waals surface area contributed by atoms with E-state index in [0.29, 0.717) is 36.1 Å². The molecule has 2 rings (SSSR count). The number of aliphatic imine (C=N–C) groups is 1. The molecule has 5 nitrogen and oxygen atoms in total. The van der Waals surface area contributed by atoms with Crippen molar-refractivity contribution in [1.82, 2.24) is 10.6 Å². The van der Waals surface area contributed by atoms with E-state index in [1.54, 1.807) is 33.4 Å². The minimum atomic E-state index is -0.258. The molecule has 0 aliphatic carbocycles. The molecule has 0 unspecified atom stereocenters. The number of benzene rings is 2. The van der Waals surface area contributed by atoms with Gasteiger partial charge in [-0.05, 0) is 35.9 Å². The molecule has 0 aliphatic rings. The second-order valence-corrected chi connectivity index (χ2v) is 6.12. The van der Waals surface area contributed by atoms with Gasteiger partial charge in [0.15, 0.2) is 17.5 Å². The molecule has 0 aromatic heterocycles. The molecular weight excluding hydrogens is 389 g/mol. The fraction of sp³-hybridized carbons (Fsp3) is 0.278. The number of hydrogen-bond acceptors (Lipinski definition) is 3. The van der Waals surface area contributed by atoms with Crippen LogP contribution in [0.25, 0.3) is 0 Å². The summed E-state index contributed by atoms with van der Waals surface area (Å²) >= 11 is 3.34. The molecule has 0 heterocycles. The molecule has 2 aromatic rings. The van der Waals surface area contributed by atoms with E-state index in [2.05, 4.69) is 31.6 Å². The fourth-order valence-corrected chi connectivity index (χ4v) is 2.66. The Morgan fingerprint density at radius 3 is 2.44 bits per heavy atom. The Hall–Kier alpha value is -2.28. The smallest absolute Gasteiger partial charge is 0.191 e. The summed E-state index contributed by atoms with van der Waals surface area (Å²) in [4.78, 5) is 4.15. The van der Waals surface area contributed by atoms with E-state index in [1.165, 1.54) is 6.07 Å². The van der Waals surface area contributed by atoms with Crippen molar-refractivity contribution in [2.24, 2.45) is 4.99 Å². The molecule has 0 atom stereocenters. The third-order valence-electron chi connectivity index (χ3n) is 3.59. The van der Waals surface area contributed by atoms with E-state index in [9.17, 15) is 4.39 Å². The van der Waals surface area contributed by atoms with Crippen molar-refractivity contribution in [2.45, 2.75) is 13.1 Å². The number of nitrogens with zero attached hydrogens (tertiary/aromatic N) is 1. The van der Waals surface area contributed by atoms with Gasteiger partial charge in [-0.25, -0.2) is 4.39 Å². The first-order valence-corrected chi connectivity index (χ1v) is 8.46. The minimum Gasteiger partial charge on any atom is -0.493 e. The van der Waals surface area contributed by atoms with Crippen LogP contribution in [-0.4, -0.2) is 27.2 Å². The minimum absolute atomic E-state index is 0.258. The first kappa shape index (κ1) is 19.1. The van der Waals surface area contributed by atoms with Crippen LogP contribution in [0.15, 0.2) is 45.9 Å². The standard InChI is InChI=1S/C18H21BrFN3O2/c1-21-18(23-11-13-9-14(19)5-6-15(13)20)22-10-12-4-7-16(24-2)17(8-12)25-3/h4-9H,10-11H2,1-3H3,(H2,21,22,23). The maximum atomic E-state index is 13.8. The molecule has 0 aliphatic heterocycles. The van der Waals surface area contributed by atoms with Crippen LogP contribution in [0.3, 0.4) is 0 Å². The van der Waals surface area contributed by atoms with Gasteiger partial charge in [-0.3, -0.25) is 4.99 Å². The van der Waals surface area contributed by atoms with E-state index >= 15 is 0 Å². The van der Waals surface area contributed by atoms with E-state index in [1.807, 2.05) is 18.2 Å². The van der Waals surface area contributed by atoms with Crippen LogP contribution in [0, 0.1) is 5.82 Å². The van der Waals surface area contributed by atoms with E-state index in [0.717, 1.165) is 10.0 Å². The van der Waals surface area contributed by atoms with Crippen molar-refractivity contribution >= 4 is 21.9 Å². The zero-order valence-electron chi connectivity index (χ0n) is 14.4. The molecule has 0 saturated carbocycles. The molecule has 0 saturated heterocycles. The molecule has 0 spiro atoms. The van der Waals surface area contributed by atoms with E-state index in [4.69, 9.17) is 9.47 Å². The molecule has 0 bridgehead atoms. The summed E-state index contributed by atoms with van der Waals surface area (Å²) < 4.78 is 25.1. The summed E-state index contributed by atoms with van der Waals surface area (Å²) in [6.07, 6.45) is 0. The number of hydrogen-bond donors (Lipinski definition) is 2. The highest BCUT2D eigenvalue weighted by atomic mass is 79.9. The molecule has 7 heteroatoms. The second kappa shape index (κ2) is 9.27. The Morgan fingerprint density at radius 1 is 1.04 bits per heavy atom. The topological polar surface area (TPSA) is 54.9 Å². The van der Waals surface area contributed by atoms with Gasteiger partial charge >= 0.3 is 0 Å². The van der Waals surface area contributed by atoms with Crippen molar-refractivity contribution in [3.63, 3.8) is 0 Å². The highest BCUT2D eigenvalue weighted by molar-refractivity contribution is 9.10. The van der Waals surface area contributed by atoms with Gasteiger partial charge in [0.25, 0.3) is 0 Å². The van der Waals surface area contributed by atoms with Gasteiger partial charge in [0.2, 0.25) is 0 Å². The number of halogens is 2. The van der Waals surface area contributed by atoms with Gasteiger partial charge in [-0.1, -0.05) is 22.0 Å². The SMILES string of the molecule is CN=C(NCc1ccc(OC)c(OC)c1)NCc1cc(Br)ccc1F. The zero-order valence-corrected chi connectivity index (χ0v) is 16.0. The first-order chi connectivity index (χ1) is 12.1. The largest absolute Gasteiger partial charge is 0.493 e. The summed E-state index contributed by atoms with van der Waals surface area (Å²) in [5.41, 5.74) is 1.57. The Bertz CT molecular complexity index is 753. The van der Waals surface area contributed by atoms with Crippen LogP contribution in [-0.2, 0) is 13.1 Å². The number of ether oxygens (including phenoxy) is 2. The van der Waals surface area contributed by atoms with Crippen LogP contribution in [0.1, 0.15) is 11.1 Å². The van der Waals surface area contributed by atoms with Crippen LogP contribution < -0.4 is 20.1 Å². The van der Waals surface area contributed by atoms with Crippen molar-refractivity contribution in [1.29, 1.82) is 0 Å². The van der Waals surface area contributed by atoms with E-state index in [-0.39, 0.29) is 5.82 Å². The lowest BCUT2D eigenvalue weighted by Gasteiger charge is -2.14. The summed E-state index contributed by atoms with van der Waals surface area (Å²) in [5, 5.41) is 6.28. The molecule has 134 valence electrons. The van der Waals surface area contributed by atoms with Crippen molar-refractivity contribution in [3.05, 3.63) is 57.8 Å². The lowest BCUT2D eigenvalue weighted by Crippen LogP contribution is -2.36. The quantitative estimate of drug-likeness (QED) is 0.566. The van der Waals surface area contributed by atoms with E-state index < -0.39 is 0 Å². The summed E-state index contributed by atoms with van der Waals surface area (Å²) in [6.45, 7) is 0.873. The Morgan fingerprint density at radius 2 is 1.76 bits per heavy atom. The normalized spacial score (nSPS) is 11.2. The maximum absolute atomic E-state index is 13.8. The lowest BCUT2D eigenvalue weighted by atomic mass is 10.2. The van der Waals surface area contributed by atoms with Gasteiger partial charge in [0.1, 0.15) is 5.82 Å². The first-order valence-electron chi connectivity index (χ1n) is 7.66. The highest BCUT2D eigenvalue weighted by Crippen LogP contribution is 2.27. The monoisotopic (exact) mass is 409 g/mol. The summed E-state index contributed by atoms with van der Waals surface area (Å²) in [6, 6.07) is 10.5. The van der Waals surface area contributed by atoms with Crippen LogP contribution in [0.4, 0.5) is 4.39 Å². The molecule has 0 amide bonds. The fourth-order valence-electron chi connectivity index (χ4n) is 2.25. The third-order valence-corrected chi connectivity index (χ3v) is 4.08. The Kier molecular flexibility index (Phi) is 7.06. The Balaban J connectivity index is 1.95. The summed E-state index contributed by atoms with van der Waals surface area (Å²) in [5.74, 6) is 1.67. The van der Waals surface area contributed by atoms with Crippen molar-refractivity contribution in [2.75, 3.05) is 21.3 Å². The molecular formula is C18H21BrFN3O2. The average Bonchev–Trinajstić information content (AvgIpc) is 2.64. The van der Waals surface area contributed by atoms with Crippen LogP contribution in [0.2, 0.25) is 0 Å². The van der Waals surface area contributed by atoms with Crippen LogP contribution in [0.5, 0.6) is 11.5 Å². The average molecular weight is 410 g/mol. The van der Waals surface area contributed by atoms with Crippen molar-refractivity contribution < 1.29 is 13.9 Å². The van der Waals surface area contributed by atoms with Gasteiger partial charge < -0.3 is 20.1 Å². The number of methoxy groups -OCH3 is 2. The lowest BCUT2D eigenvalue weighted by molar-refractivity contribution is 0.354. The summed E-state index contributed by atoms with van der Waals surface area (Å²) in [7, 11) is 4.87. The van der Waals surface area contributed by atoms with Gasteiger partial charge in [-0.15, -0.1) is 0 Å². The second-order valence-electron chi connectivity index (χ2n) is 5.20. The number of guanidine groups is 1. The molecule has 25 heavy (non-hydrogen) atoms. The maximum Gasteiger partial charge on any atom is 0.191 e. The van der Waals surface area contributed by atoms with Gasteiger partial charge in [-0.2, -0.15) is 0 Å². The van der Waals surface area contributed by atoms with Crippen LogP contribution >= 0.6 is 15.9 Å². The predicted octanol–water partition coefficient (Wildman–Crippen LogP) is 3.47. The predicted molar refractivity (Wildman–Crippen MR) is 101 cm³/mol. The molecule has 0 fully saturated rings. The Labute approximate surface area is 155 Å². The zero-order chi connectivity index (χ0) is 18.2. The molecule has 0 radical (unpaired) electrons. The van der Waals surface area contributed by atoms with Crippen molar-refractivity contribution in [3.8, 4) is 11.5 Å². The third kappa shape index (κ3) is 5.35. The number of rotatable bonds is 6. The molecule has 2 N–H and O–H groups in total.